The Kier molecular flexibility index (Phi) is 6.47. The summed E-state index contributed by atoms with van der Waals surface area (Å²) in [6, 6.07) is 15.2. The van der Waals surface area contributed by atoms with E-state index in [4.69, 9.17) is 16.3 Å². The summed E-state index contributed by atoms with van der Waals surface area (Å²) in [5.41, 5.74) is 2.90. The Balaban J connectivity index is 1.84. The summed E-state index contributed by atoms with van der Waals surface area (Å²) in [5.74, 6) is -1.23. The molecule has 1 fully saturated rings. The number of carbonyl (C=O) groups excluding carboxylic acids is 2. The molecule has 33 heavy (non-hydrogen) atoms. The number of pyridine rings is 1. The maximum atomic E-state index is 13.1. The minimum Gasteiger partial charge on any atom is -0.507 e. The zero-order chi connectivity index (χ0) is 23.5. The zero-order valence-electron chi connectivity index (χ0n) is 18.3. The molecule has 0 saturated carbocycles. The number of rotatable bonds is 6. The van der Waals surface area contributed by atoms with Crippen LogP contribution in [-0.4, -0.2) is 33.3 Å². The summed E-state index contributed by atoms with van der Waals surface area (Å²) < 4.78 is 5.46. The van der Waals surface area contributed by atoms with Gasteiger partial charge in [0.05, 0.1) is 23.2 Å². The number of carbonyl (C=O) groups is 2. The van der Waals surface area contributed by atoms with Crippen molar-refractivity contribution in [2.75, 3.05) is 6.61 Å². The van der Waals surface area contributed by atoms with Crippen LogP contribution in [0.25, 0.3) is 5.76 Å². The fraction of sp³-hybridized carbons (Fsp3) is 0.192. The molecule has 1 saturated heterocycles. The summed E-state index contributed by atoms with van der Waals surface area (Å²) in [5, 5.41) is 11.5. The second-order valence-corrected chi connectivity index (χ2v) is 8.18. The first-order chi connectivity index (χ1) is 15.9. The third kappa shape index (κ3) is 4.47. The van der Waals surface area contributed by atoms with Crippen molar-refractivity contribution in [3.8, 4) is 5.75 Å². The number of nitrogens with zero attached hydrogens (tertiary/aromatic N) is 2. The van der Waals surface area contributed by atoms with Gasteiger partial charge in [-0.05, 0) is 49.2 Å². The van der Waals surface area contributed by atoms with Crippen LogP contribution in [0.5, 0.6) is 5.75 Å². The van der Waals surface area contributed by atoms with Gasteiger partial charge in [-0.2, -0.15) is 0 Å². The van der Waals surface area contributed by atoms with Crippen LogP contribution in [0.2, 0.25) is 5.02 Å². The molecule has 6 nitrogen and oxygen atoms in total. The monoisotopic (exact) mass is 462 g/mol. The van der Waals surface area contributed by atoms with Gasteiger partial charge in [0.1, 0.15) is 11.5 Å². The molecule has 1 amide bonds. The Labute approximate surface area is 197 Å². The molecule has 0 spiro atoms. The van der Waals surface area contributed by atoms with E-state index in [9.17, 15) is 14.7 Å². The van der Waals surface area contributed by atoms with E-state index in [1.165, 1.54) is 11.0 Å². The first-order valence-electron chi connectivity index (χ1n) is 10.6. The standard InChI is InChI=1S/C26H23ClN2O4/c1-3-33-21-11-10-19(13-20(21)27)24(30)22-23(18-8-6-16(2)7-9-18)29(26(32)25(22)31)15-17-5-4-12-28-14-17/h4-14,23,30H,3,15H2,1-2H3/b24-22+. The van der Waals surface area contributed by atoms with Crippen molar-refractivity contribution in [2.45, 2.75) is 26.4 Å². The second kappa shape index (κ2) is 9.46. The van der Waals surface area contributed by atoms with Crippen LogP contribution in [0.4, 0.5) is 0 Å². The van der Waals surface area contributed by atoms with Crippen LogP contribution in [-0.2, 0) is 16.1 Å². The highest BCUT2D eigenvalue weighted by Gasteiger charge is 2.46. The van der Waals surface area contributed by atoms with Crippen LogP contribution >= 0.6 is 11.6 Å². The fourth-order valence-corrected chi connectivity index (χ4v) is 4.14. The Morgan fingerprint density at radius 3 is 2.55 bits per heavy atom. The Morgan fingerprint density at radius 2 is 1.91 bits per heavy atom. The number of halogens is 1. The molecule has 1 atom stereocenters. The van der Waals surface area contributed by atoms with Gasteiger partial charge in [-0.15, -0.1) is 0 Å². The van der Waals surface area contributed by atoms with E-state index in [1.54, 1.807) is 30.6 Å². The lowest BCUT2D eigenvalue weighted by molar-refractivity contribution is -0.140. The van der Waals surface area contributed by atoms with Crippen molar-refractivity contribution in [2.24, 2.45) is 0 Å². The predicted octanol–water partition coefficient (Wildman–Crippen LogP) is 5.06. The van der Waals surface area contributed by atoms with E-state index in [0.29, 0.717) is 22.9 Å². The lowest BCUT2D eigenvalue weighted by Crippen LogP contribution is -2.29. The molecule has 1 unspecified atom stereocenters. The smallest absolute Gasteiger partial charge is 0.295 e. The average molecular weight is 463 g/mol. The molecular weight excluding hydrogens is 440 g/mol. The topological polar surface area (TPSA) is 79.7 Å². The molecule has 0 bridgehead atoms. The van der Waals surface area contributed by atoms with E-state index in [0.717, 1.165) is 16.7 Å². The first kappa shape index (κ1) is 22.6. The molecule has 7 heteroatoms. The Hall–Kier alpha value is -3.64. The Bertz CT molecular complexity index is 1220. The van der Waals surface area contributed by atoms with E-state index >= 15 is 0 Å². The molecule has 4 rings (SSSR count). The number of ether oxygens (including phenoxy) is 1. The molecule has 1 aliphatic heterocycles. The van der Waals surface area contributed by atoms with E-state index in [2.05, 4.69) is 4.98 Å². The van der Waals surface area contributed by atoms with Crippen molar-refractivity contribution >= 4 is 29.1 Å². The number of aliphatic hydroxyl groups is 1. The summed E-state index contributed by atoms with van der Waals surface area (Å²) in [6.07, 6.45) is 3.29. The van der Waals surface area contributed by atoms with Crippen LogP contribution in [0, 0.1) is 6.92 Å². The van der Waals surface area contributed by atoms with Crippen molar-refractivity contribution in [3.05, 3.63) is 99.8 Å². The quantitative estimate of drug-likeness (QED) is 0.314. The van der Waals surface area contributed by atoms with Crippen LogP contribution in [0.15, 0.2) is 72.6 Å². The third-order valence-electron chi connectivity index (χ3n) is 5.51. The van der Waals surface area contributed by atoms with E-state index in [1.807, 2.05) is 44.2 Å². The number of aryl methyl sites for hydroxylation is 1. The number of likely N-dealkylation sites (tertiary alicyclic amines) is 1. The number of hydrogen-bond acceptors (Lipinski definition) is 5. The highest BCUT2D eigenvalue weighted by Crippen LogP contribution is 2.41. The van der Waals surface area contributed by atoms with Gasteiger partial charge >= 0.3 is 0 Å². The van der Waals surface area contributed by atoms with Gasteiger partial charge < -0.3 is 14.7 Å². The summed E-state index contributed by atoms with van der Waals surface area (Å²) >= 11 is 6.30. The van der Waals surface area contributed by atoms with Gasteiger partial charge in [0, 0.05) is 24.5 Å². The van der Waals surface area contributed by atoms with Gasteiger partial charge in [0.2, 0.25) is 0 Å². The summed E-state index contributed by atoms with van der Waals surface area (Å²) in [7, 11) is 0. The first-order valence-corrected chi connectivity index (χ1v) is 10.9. The number of ketones is 1. The van der Waals surface area contributed by atoms with Crippen molar-refractivity contribution < 1.29 is 19.4 Å². The number of amides is 1. The molecule has 1 N–H and O–H groups in total. The van der Waals surface area contributed by atoms with E-state index < -0.39 is 17.7 Å². The zero-order valence-corrected chi connectivity index (χ0v) is 19.0. The fourth-order valence-electron chi connectivity index (χ4n) is 3.90. The molecule has 0 radical (unpaired) electrons. The summed E-state index contributed by atoms with van der Waals surface area (Å²) in [6.45, 7) is 4.42. The number of Topliss-reactive ketones (excluding diaryl/α,β-unsaturated/α-hetero) is 1. The molecule has 2 aromatic carbocycles. The van der Waals surface area contributed by atoms with Crippen LogP contribution in [0.3, 0.4) is 0 Å². The number of hydrogen-bond donors (Lipinski definition) is 1. The average Bonchev–Trinajstić information content (AvgIpc) is 3.06. The van der Waals surface area contributed by atoms with Crippen molar-refractivity contribution in [1.82, 2.24) is 9.88 Å². The maximum Gasteiger partial charge on any atom is 0.295 e. The highest BCUT2D eigenvalue weighted by atomic mass is 35.5. The SMILES string of the molecule is CCOc1ccc(/C(O)=C2\C(=O)C(=O)N(Cc3cccnc3)C2c2ccc(C)cc2)cc1Cl. The van der Waals surface area contributed by atoms with Gasteiger partial charge in [-0.3, -0.25) is 14.6 Å². The molecule has 2 heterocycles. The molecule has 168 valence electrons. The Morgan fingerprint density at radius 1 is 1.15 bits per heavy atom. The van der Waals surface area contributed by atoms with Crippen LogP contribution in [0.1, 0.15) is 35.2 Å². The molecule has 1 aromatic heterocycles. The summed E-state index contributed by atoms with van der Waals surface area (Å²) in [4.78, 5) is 31.8. The second-order valence-electron chi connectivity index (χ2n) is 7.78. The van der Waals surface area contributed by atoms with Crippen molar-refractivity contribution in [1.29, 1.82) is 0 Å². The minimum atomic E-state index is -0.754. The van der Waals surface area contributed by atoms with Gasteiger partial charge in [0.25, 0.3) is 11.7 Å². The molecular formula is C26H23ClN2O4. The van der Waals surface area contributed by atoms with Gasteiger partial charge in [0.15, 0.2) is 0 Å². The number of benzene rings is 2. The maximum absolute atomic E-state index is 13.1. The third-order valence-corrected chi connectivity index (χ3v) is 5.81. The predicted molar refractivity (Wildman–Crippen MR) is 126 cm³/mol. The lowest BCUT2D eigenvalue weighted by Gasteiger charge is -2.25. The molecule has 0 aliphatic carbocycles. The van der Waals surface area contributed by atoms with Crippen LogP contribution < -0.4 is 4.74 Å². The molecule has 3 aromatic rings. The number of aromatic nitrogens is 1. The lowest BCUT2D eigenvalue weighted by atomic mass is 9.94. The van der Waals surface area contributed by atoms with Gasteiger partial charge in [-0.1, -0.05) is 47.5 Å². The number of aliphatic hydroxyl groups excluding tert-OH is 1. The highest BCUT2D eigenvalue weighted by molar-refractivity contribution is 6.46. The molecule has 1 aliphatic rings. The van der Waals surface area contributed by atoms with Crippen molar-refractivity contribution in [3.63, 3.8) is 0 Å². The van der Waals surface area contributed by atoms with E-state index in [-0.39, 0.29) is 17.9 Å². The normalized spacial score (nSPS) is 17.4. The largest absolute Gasteiger partial charge is 0.507 e. The van der Waals surface area contributed by atoms with Gasteiger partial charge in [-0.25, -0.2) is 0 Å². The minimum absolute atomic E-state index is 0.0213.